The number of benzene rings is 3. The fourth-order valence-electron chi connectivity index (χ4n) is 3.78. The van der Waals surface area contributed by atoms with Crippen molar-refractivity contribution < 1.29 is 14.0 Å². The van der Waals surface area contributed by atoms with Crippen LogP contribution in [-0.2, 0) is 28.3 Å². The minimum absolute atomic E-state index is 0.0223. The third-order valence-corrected chi connectivity index (χ3v) is 7.44. The zero-order valence-electron chi connectivity index (χ0n) is 20.9. The Labute approximate surface area is 232 Å². The molecule has 1 atom stereocenters. The summed E-state index contributed by atoms with van der Waals surface area (Å²) in [6.45, 7) is 4.47. The van der Waals surface area contributed by atoms with Crippen LogP contribution in [-0.4, -0.2) is 35.1 Å². The maximum Gasteiger partial charge on any atom is 0.243 e. The number of hydrogen-bond acceptors (Lipinski definition) is 3. The molecule has 3 aromatic rings. The van der Waals surface area contributed by atoms with Crippen LogP contribution >= 0.6 is 35.0 Å². The molecule has 2 amide bonds. The van der Waals surface area contributed by atoms with E-state index in [4.69, 9.17) is 23.2 Å². The molecule has 0 spiro atoms. The molecule has 37 heavy (non-hydrogen) atoms. The topological polar surface area (TPSA) is 49.4 Å². The van der Waals surface area contributed by atoms with Gasteiger partial charge in [-0.2, -0.15) is 0 Å². The summed E-state index contributed by atoms with van der Waals surface area (Å²) >= 11 is 13.9. The van der Waals surface area contributed by atoms with E-state index in [2.05, 4.69) is 5.32 Å². The molecule has 0 radical (unpaired) electrons. The lowest BCUT2D eigenvalue weighted by atomic mass is 10.0. The molecule has 0 bridgehead atoms. The number of nitrogens with one attached hydrogen (secondary N) is 1. The Kier molecular flexibility index (Phi) is 11.3. The van der Waals surface area contributed by atoms with E-state index in [-0.39, 0.29) is 30.0 Å². The van der Waals surface area contributed by atoms with Crippen LogP contribution in [0.15, 0.2) is 72.8 Å². The zero-order chi connectivity index (χ0) is 26.8. The van der Waals surface area contributed by atoms with E-state index in [9.17, 15) is 14.0 Å². The lowest BCUT2D eigenvalue weighted by Gasteiger charge is -2.32. The number of nitrogens with zero attached hydrogens (tertiary/aromatic N) is 1. The minimum atomic E-state index is -0.808. The van der Waals surface area contributed by atoms with E-state index in [1.54, 1.807) is 36.4 Å². The van der Waals surface area contributed by atoms with Crippen LogP contribution < -0.4 is 5.32 Å². The second-order valence-electron chi connectivity index (χ2n) is 9.15. The van der Waals surface area contributed by atoms with Crippen molar-refractivity contribution in [2.75, 3.05) is 12.3 Å². The average molecular weight is 562 g/mol. The predicted octanol–water partition coefficient (Wildman–Crippen LogP) is 6.78. The Morgan fingerprint density at radius 1 is 0.946 bits per heavy atom. The number of hydrogen-bond donors (Lipinski definition) is 1. The van der Waals surface area contributed by atoms with Gasteiger partial charge in [0.2, 0.25) is 11.8 Å². The first-order valence-electron chi connectivity index (χ1n) is 12.1. The molecular formula is C29H31Cl2FN2O2S. The maximum atomic E-state index is 14.6. The molecule has 0 aliphatic rings. The first kappa shape index (κ1) is 29.0. The van der Waals surface area contributed by atoms with Crippen LogP contribution in [0.25, 0.3) is 0 Å². The lowest BCUT2D eigenvalue weighted by Crippen LogP contribution is -2.51. The highest BCUT2D eigenvalue weighted by molar-refractivity contribution is 7.99. The van der Waals surface area contributed by atoms with Crippen molar-refractivity contribution in [1.29, 1.82) is 0 Å². The summed E-state index contributed by atoms with van der Waals surface area (Å²) in [5.41, 5.74) is 2.01. The maximum absolute atomic E-state index is 14.6. The summed E-state index contributed by atoms with van der Waals surface area (Å²) in [5, 5.41) is 4.03. The highest BCUT2D eigenvalue weighted by atomic mass is 35.5. The van der Waals surface area contributed by atoms with E-state index < -0.39 is 11.9 Å². The number of amides is 2. The molecule has 0 aliphatic carbocycles. The zero-order valence-corrected chi connectivity index (χ0v) is 23.3. The molecule has 1 N–H and O–H groups in total. The van der Waals surface area contributed by atoms with E-state index in [1.165, 1.54) is 22.7 Å². The third-order valence-electron chi connectivity index (χ3n) is 5.79. The van der Waals surface area contributed by atoms with Crippen molar-refractivity contribution in [2.24, 2.45) is 5.92 Å². The SMILES string of the molecule is CC(C)CNC(=O)C(Cc1ccccc1)N(Cc1ccccc1F)C(=O)CSCc1c(Cl)cccc1Cl. The molecule has 8 heteroatoms. The lowest BCUT2D eigenvalue weighted by molar-refractivity contribution is -0.139. The molecule has 0 fully saturated rings. The van der Waals surface area contributed by atoms with Gasteiger partial charge in [-0.25, -0.2) is 4.39 Å². The summed E-state index contributed by atoms with van der Waals surface area (Å²) < 4.78 is 14.6. The monoisotopic (exact) mass is 560 g/mol. The van der Waals surface area contributed by atoms with Gasteiger partial charge in [-0.3, -0.25) is 9.59 Å². The predicted molar refractivity (Wildman–Crippen MR) is 151 cm³/mol. The van der Waals surface area contributed by atoms with Gasteiger partial charge in [0.05, 0.1) is 5.75 Å². The van der Waals surface area contributed by atoms with Gasteiger partial charge in [-0.1, -0.05) is 91.6 Å². The molecule has 0 heterocycles. The quantitative estimate of drug-likeness (QED) is 0.265. The van der Waals surface area contributed by atoms with Gasteiger partial charge in [0, 0.05) is 40.9 Å². The Hall–Kier alpha value is -2.54. The normalized spacial score (nSPS) is 11.8. The van der Waals surface area contributed by atoms with Gasteiger partial charge in [-0.15, -0.1) is 11.8 Å². The van der Waals surface area contributed by atoms with Crippen LogP contribution in [0, 0.1) is 11.7 Å². The highest BCUT2D eigenvalue weighted by Crippen LogP contribution is 2.28. The Bertz CT molecular complexity index is 1170. The van der Waals surface area contributed by atoms with Crippen molar-refractivity contribution in [2.45, 2.75) is 38.6 Å². The molecule has 0 saturated heterocycles. The Morgan fingerprint density at radius 3 is 2.24 bits per heavy atom. The molecule has 0 aliphatic heterocycles. The number of thioether (sulfide) groups is 1. The number of carbonyl (C=O) groups is 2. The van der Waals surface area contributed by atoms with Gasteiger partial charge in [-0.05, 0) is 35.2 Å². The van der Waals surface area contributed by atoms with E-state index >= 15 is 0 Å². The number of carbonyl (C=O) groups excluding carboxylic acids is 2. The summed E-state index contributed by atoms with van der Waals surface area (Å²) in [5.74, 6) is -0.192. The van der Waals surface area contributed by atoms with Crippen LogP contribution in [0.2, 0.25) is 10.0 Å². The molecule has 0 saturated carbocycles. The van der Waals surface area contributed by atoms with Gasteiger partial charge in [0.1, 0.15) is 11.9 Å². The van der Waals surface area contributed by atoms with Crippen molar-refractivity contribution >= 4 is 46.8 Å². The summed E-state index contributed by atoms with van der Waals surface area (Å²) in [6, 6.07) is 20.3. The number of rotatable bonds is 12. The van der Waals surface area contributed by atoms with Crippen LogP contribution in [0.3, 0.4) is 0 Å². The van der Waals surface area contributed by atoms with Crippen LogP contribution in [0.5, 0.6) is 0 Å². The van der Waals surface area contributed by atoms with Crippen LogP contribution in [0.4, 0.5) is 4.39 Å². The Balaban J connectivity index is 1.87. The van der Waals surface area contributed by atoms with Crippen molar-refractivity contribution in [3.8, 4) is 0 Å². The van der Waals surface area contributed by atoms with Crippen molar-refractivity contribution in [3.05, 3.63) is 105 Å². The molecule has 3 aromatic carbocycles. The highest BCUT2D eigenvalue weighted by Gasteiger charge is 2.31. The fourth-order valence-corrected chi connectivity index (χ4v) is 5.43. The third kappa shape index (κ3) is 8.77. The number of halogens is 3. The van der Waals surface area contributed by atoms with Gasteiger partial charge < -0.3 is 10.2 Å². The summed E-state index contributed by atoms with van der Waals surface area (Å²) in [6.07, 6.45) is 0.311. The summed E-state index contributed by atoms with van der Waals surface area (Å²) in [4.78, 5) is 28.5. The first-order valence-corrected chi connectivity index (χ1v) is 14.0. The molecule has 1 unspecified atom stereocenters. The fraction of sp³-hybridized carbons (Fsp3) is 0.310. The standard InChI is InChI=1S/C29H31Cl2FN2O2S/c1-20(2)16-33-29(36)27(15-21-9-4-3-5-10-21)34(17-22-11-6-7-14-26(22)32)28(35)19-37-18-23-24(30)12-8-13-25(23)31/h3-14,20,27H,15-19H2,1-2H3,(H,33,36). The average Bonchev–Trinajstić information content (AvgIpc) is 2.88. The van der Waals surface area contributed by atoms with E-state index in [0.717, 1.165) is 11.1 Å². The molecule has 0 aromatic heterocycles. The second kappa shape index (κ2) is 14.4. The second-order valence-corrected chi connectivity index (χ2v) is 11.0. The van der Waals surface area contributed by atoms with E-state index in [1.807, 2.05) is 44.2 Å². The first-order chi connectivity index (χ1) is 17.8. The van der Waals surface area contributed by atoms with Gasteiger partial charge >= 0.3 is 0 Å². The molecule has 4 nitrogen and oxygen atoms in total. The molecule has 196 valence electrons. The molecule has 3 rings (SSSR count). The largest absolute Gasteiger partial charge is 0.354 e. The Morgan fingerprint density at radius 2 is 1.59 bits per heavy atom. The van der Waals surface area contributed by atoms with Crippen molar-refractivity contribution in [1.82, 2.24) is 10.2 Å². The van der Waals surface area contributed by atoms with Gasteiger partial charge in [0.25, 0.3) is 0 Å². The molecular weight excluding hydrogens is 530 g/mol. The minimum Gasteiger partial charge on any atom is -0.354 e. The van der Waals surface area contributed by atoms with Gasteiger partial charge in [0.15, 0.2) is 0 Å². The van der Waals surface area contributed by atoms with Crippen LogP contribution in [0.1, 0.15) is 30.5 Å². The smallest absolute Gasteiger partial charge is 0.243 e. The summed E-state index contributed by atoms with van der Waals surface area (Å²) in [7, 11) is 0. The van der Waals surface area contributed by atoms with Crippen molar-refractivity contribution in [3.63, 3.8) is 0 Å². The van der Waals surface area contributed by atoms with E-state index in [0.29, 0.717) is 34.3 Å².